The highest BCUT2D eigenvalue weighted by atomic mass is 32.1. The summed E-state index contributed by atoms with van der Waals surface area (Å²) in [6.45, 7) is 5.79. The summed E-state index contributed by atoms with van der Waals surface area (Å²) in [5.74, 6) is 0.487. The summed E-state index contributed by atoms with van der Waals surface area (Å²) in [5, 5.41) is 2.84. The fraction of sp³-hybridized carbons (Fsp3) is 0.235. The topological polar surface area (TPSA) is 64.1 Å². The summed E-state index contributed by atoms with van der Waals surface area (Å²) in [6.07, 6.45) is -0.596. The highest BCUT2D eigenvalue weighted by Gasteiger charge is 2.15. The Morgan fingerprint density at radius 2 is 1.87 bits per heavy atom. The van der Waals surface area contributed by atoms with Crippen LogP contribution >= 0.6 is 11.7 Å². The fourth-order valence-electron chi connectivity index (χ4n) is 2.15. The zero-order valence-electron chi connectivity index (χ0n) is 13.2. The van der Waals surface area contributed by atoms with E-state index in [9.17, 15) is 4.79 Å². The van der Waals surface area contributed by atoms with Crippen LogP contribution < -0.4 is 10.1 Å². The van der Waals surface area contributed by atoms with Crippen molar-refractivity contribution in [1.29, 1.82) is 0 Å². The van der Waals surface area contributed by atoms with E-state index in [0.717, 1.165) is 28.3 Å². The second kappa shape index (κ2) is 6.34. The third-order valence-corrected chi connectivity index (χ3v) is 4.24. The molecule has 0 aliphatic heterocycles. The van der Waals surface area contributed by atoms with Crippen LogP contribution in [0.25, 0.3) is 11.0 Å². The molecule has 1 atom stereocenters. The largest absolute Gasteiger partial charge is 0.481 e. The monoisotopic (exact) mass is 327 g/mol. The van der Waals surface area contributed by atoms with Gasteiger partial charge in [-0.2, -0.15) is 8.75 Å². The van der Waals surface area contributed by atoms with E-state index in [1.807, 2.05) is 44.2 Å². The van der Waals surface area contributed by atoms with Crippen molar-refractivity contribution in [2.75, 3.05) is 5.32 Å². The van der Waals surface area contributed by atoms with E-state index in [2.05, 4.69) is 14.1 Å². The predicted molar refractivity (Wildman–Crippen MR) is 92.1 cm³/mol. The number of carbonyl (C=O) groups is 1. The van der Waals surface area contributed by atoms with E-state index in [1.54, 1.807) is 13.0 Å². The number of rotatable bonds is 4. The maximum Gasteiger partial charge on any atom is 0.265 e. The number of aromatic nitrogens is 2. The van der Waals surface area contributed by atoms with Crippen molar-refractivity contribution in [2.45, 2.75) is 26.9 Å². The van der Waals surface area contributed by atoms with Crippen molar-refractivity contribution in [2.24, 2.45) is 0 Å². The van der Waals surface area contributed by atoms with Crippen LogP contribution in [0.1, 0.15) is 18.1 Å². The molecule has 3 aromatic rings. The lowest BCUT2D eigenvalue weighted by atomic mass is 10.1. The summed E-state index contributed by atoms with van der Waals surface area (Å²) < 4.78 is 14.0. The van der Waals surface area contributed by atoms with Gasteiger partial charge in [-0.1, -0.05) is 6.07 Å². The van der Waals surface area contributed by atoms with Crippen LogP contribution in [-0.4, -0.2) is 20.8 Å². The number of hydrogen-bond acceptors (Lipinski definition) is 5. The quantitative estimate of drug-likeness (QED) is 0.793. The van der Waals surface area contributed by atoms with Crippen LogP contribution in [0.2, 0.25) is 0 Å². The molecule has 3 rings (SSSR count). The Morgan fingerprint density at radius 1 is 1.09 bits per heavy atom. The minimum Gasteiger partial charge on any atom is -0.481 e. The van der Waals surface area contributed by atoms with Crippen LogP contribution in [-0.2, 0) is 4.79 Å². The van der Waals surface area contributed by atoms with E-state index in [-0.39, 0.29) is 5.91 Å². The fourth-order valence-corrected chi connectivity index (χ4v) is 2.67. The molecule has 6 heteroatoms. The molecule has 118 valence electrons. The molecule has 1 aromatic heterocycles. The Labute approximate surface area is 138 Å². The first-order valence-electron chi connectivity index (χ1n) is 7.30. The van der Waals surface area contributed by atoms with Gasteiger partial charge in [0, 0.05) is 5.69 Å². The lowest BCUT2D eigenvalue weighted by molar-refractivity contribution is -0.122. The van der Waals surface area contributed by atoms with Crippen molar-refractivity contribution in [3.63, 3.8) is 0 Å². The second-order valence-corrected chi connectivity index (χ2v) is 5.99. The maximum absolute atomic E-state index is 12.3. The van der Waals surface area contributed by atoms with Gasteiger partial charge >= 0.3 is 0 Å². The first-order valence-corrected chi connectivity index (χ1v) is 8.03. The number of ether oxygens (including phenoxy) is 1. The molecule has 23 heavy (non-hydrogen) atoms. The number of nitrogens with one attached hydrogen (secondary N) is 1. The second-order valence-electron chi connectivity index (χ2n) is 5.46. The van der Waals surface area contributed by atoms with E-state index in [1.165, 1.54) is 5.56 Å². The Hall–Kier alpha value is -2.47. The summed E-state index contributed by atoms with van der Waals surface area (Å²) in [6, 6.07) is 11.2. The van der Waals surface area contributed by atoms with Gasteiger partial charge in [0.2, 0.25) is 0 Å². The van der Waals surface area contributed by atoms with Gasteiger partial charge in [-0.15, -0.1) is 0 Å². The highest BCUT2D eigenvalue weighted by Crippen LogP contribution is 2.20. The molecule has 0 saturated heterocycles. The van der Waals surface area contributed by atoms with Gasteiger partial charge in [0.05, 0.1) is 11.7 Å². The zero-order valence-corrected chi connectivity index (χ0v) is 14.0. The van der Waals surface area contributed by atoms with Gasteiger partial charge in [0.1, 0.15) is 16.8 Å². The Kier molecular flexibility index (Phi) is 4.25. The average molecular weight is 327 g/mol. The first kappa shape index (κ1) is 15.4. The number of anilines is 1. The number of nitrogens with zero attached hydrogens (tertiary/aromatic N) is 2. The van der Waals surface area contributed by atoms with Gasteiger partial charge in [0.15, 0.2) is 6.10 Å². The molecule has 1 heterocycles. The van der Waals surface area contributed by atoms with Gasteiger partial charge < -0.3 is 10.1 Å². The van der Waals surface area contributed by atoms with Gasteiger partial charge in [-0.05, 0) is 62.2 Å². The van der Waals surface area contributed by atoms with E-state index in [0.29, 0.717) is 11.4 Å². The lowest BCUT2D eigenvalue weighted by Gasteiger charge is -2.15. The molecule has 0 unspecified atom stereocenters. The van der Waals surface area contributed by atoms with Crippen LogP contribution in [0.4, 0.5) is 5.69 Å². The molecule has 0 aliphatic rings. The highest BCUT2D eigenvalue weighted by molar-refractivity contribution is 7.00. The molecular formula is C17H17N3O2S. The summed E-state index contributed by atoms with van der Waals surface area (Å²) in [4.78, 5) is 12.3. The smallest absolute Gasteiger partial charge is 0.265 e. The number of fused-ring (bicyclic) bond motifs is 1. The molecule has 5 nitrogen and oxygen atoms in total. The van der Waals surface area contributed by atoms with Crippen LogP contribution in [0.5, 0.6) is 5.75 Å². The molecule has 0 spiro atoms. The third-order valence-electron chi connectivity index (χ3n) is 3.68. The van der Waals surface area contributed by atoms with Crippen LogP contribution in [0, 0.1) is 13.8 Å². The SMILES string of the molecule is Cc1ccc(O[C@@H](C)C(=O)Nc2ccc3nsnc3c2)cc1C. The Balaban J connectivity index is 1.67. The number of hydrogen-bond donors (Lipinski definition) is 1. The van der Waals surface area contributed by atoms with Gasteiger partial charge in [-0.25, -0.2) is 0 Å². The van der Waals surface area contributed by atoms with E-state index >= 15 is 0 Å². The van der Waals surface area contributed by atoms with Crippen molar-refractivity contribution >= 4 is 34.4 Å². The zero-order chi connectivity index (χ0) is 16.4. The summed E-state index contributed by atoms with van der Waals surface area (Å²) >= 11 is 1.15. The predicted octanol–water partition coefficient (Wildman–Crippen LogP) is 3.71. The molecular weight excluding hydrogens is 310 g/mol. The van der Waals surface area contributed by atoms with Gasteiger partial charge in [-0.3, -0.25) is 4.79 Å². The van der Waals surface area contributed by atoms with E-state index in [4.69, 9.17) is 4.74 Å². The molecule has 0 fully saturated rings. The minimum absolute atomic E-state index is 0.203. The molecule has 0 bridgehead atoms. The Morgan fingerprint density at radius 3 is 2.65 bits per heavy atom. The van der Waals surface area contributed by atoms with E-state index < -0.39 is 6.10 Å². The number of aryl methyl sites for hydroxylation is 2. The molecule has 1 amide bonds. The van der Waals surface area contributed by atoms with Crippen molar-refractivity contribution in [1.82, 2.24) is 8.75 Å². The number of benzene rings is 2. The molecule has 1 N–H and O–H groups in total. The number of amides is 1. The standard InChI is InChI=1S/C17H17N3O2S/c1-10-4-6-14(8-11(10)2)22-12(3)17(21)18-13-5-7-15-16(9-13)20-23-19-15/h4-9,12H,1-3H3,(H,18,21)/t12-/m0/s1. The maximum atomic E-state index is 12.3. The van der Waals surface area contributed by atoms with Crippen LogP contribution in [0.3, 0.4) is 0 Å². The normalized spacial score (nSPS) is 12.1. The average Bonchev–Trinajstić information content (AvgIpc) is 2.98. The molecule has 0 radical (unpaired) electrons. The van der Waals surface area contributed by atoms with Crippen molar-refractivity contribution in [3.05, 3.63) is 47.5 Å². The molecule has 2 aromatic carbocycles. The third kappa shape index (κ3) is 3.48. The van der Waals surface area contributed by atoms with Crippen LogP contribution in [0.15, 0.2) is 36.4 Å². The first-order chi connectivity index (χ1) is 11.0. The Bertz CT molecular complexity index is 860. The van der Waals surface area contributed by atoms with Crippen molar-refractivity contribution in [3.8, 4) is 5.75 Å². The molecule has 0 saturated carbocycles. The summed E-state index contributed by atoms with van der Waals surface area (Å²) in [5.41, 5.74) is 4.62. The van der Waals surface area contributed by atoms with Crippen molar-refractivity contribution < 1.29 is 9.53 Å². The number of carbonyl (C=O) groups excluding carboxylic acids is 1. The molecule has 0 aliphatic carbocycles. The minimum atomic E-state index is -0.596. The summed E-state index contributed by atoms with van der Waals surface area (Å²) in [7, 11) is 0. The lowest BCUT2D eigenvalue weighted by Crippen LogP contribution is -2.30. The van der Waals surface area contributed by atoms with Gasteiger partial charge in [0.25, 0.3) is 5.91 Å².